The number of ether oxygens (including phenoxy) is 3. The molecule has 0 aliphatic carbocycles. The van der Waals surface area contributed by atoms with Crippen LogP contribution in [0.4, 0.5) is 5.00 Å². The number of aryl methyl sites for hydroxylation is 2. The van der Waals surface area contributed by atoms with Gasteiger partial charge >= 0.3 is 17.9 Å². The van der Waals surface area contributed by atoms with E-state index in [2.05, 4.69) is 0 Å². The SMILES string of the molecule is COC(=O)c1sc(N)c(C(=O)OC)c1COC(=O)Cc1ccc(C)c(C)c1. The Hall–Kier alpha value is -2.87. The highest BCUT2D eigenvalue weighted by Gasteiger charge is 2.28. The Bertz CT molecular complexity index is 887. The van der Waals surface area contributed by atoms with Crippen LogP contribution in [0.25, 0.3) is 0 Å². The summed E-state index contributed by atoms with van der Waals surface area (Å²) in [6, 6.07) is 5.70. The van der Waals surface area contributed by atoms with Gasteiger partial charge in [-0.1, -0.05) is 18.2 Å². The topological polar surface area (TPSA) is 105 Å². The van der Waals surface area contributed by atoms with E-state index in [4.69, 9.17) is 19.9 Å². The van der Waals surface area contributed by atoms with E-state index in [1.54, 1.807) is 0 Å². The largest absolute Gasteiger partial charge is 0.465 e. The molecule has 0 radical (unpaired) electrons. The molecule has 2 rings (SSSR count). The summed E-state index contributed by atoms with van der Waals surface area (Å²) in [5.41, 5.74) is 9.06. The van der Waals surface area contributed by atoms with E-state index in [9.17, 15) is 14.4 Å². The third kappa shape index (κ3) is 4.65. The lowest BCUT2D eigenvalue weighted by Crippen LogP contribution is -2.13. The van der Waals surface area contributed by atoms with Gasteiger partial charge in [0.15, 0.2) is 0 Å². The summed E-state index contributed by atoms with van der Waals surface area (Å²) in [6.07, 6.45) is 0.0713. The van der Waals surface area contributed by atoms with Crippen LogP contribution in [0.3, 0.4) is 0 Å². The fourth-order valence-corrected chi connectivity index (χ4v) is 3.47. The van der Waals surface area contributed by atoms with Gasteiger partial charge in [-0.05, 0) is 30.5 Å². The van der Waals surface area contributed by atoms with Crippen LogP contribution in [0.5, 0.6) is 0 Å². The van der Waals surface area contributed by atoms with E-state index in [0.717, 1.165) is 28.0 Å². The van der Waals surface area contributed by atoms with E-state index in [-0.39, 0.29) is 34.0 Å². The van der Waals surface area contributed by atoms with Crippen LogP contribution in [0.1, 0.15) is 42.3 Å². The maximum Gasteiger partial charge on any atom is 0.348 e. The summed E-state index contributed by atoms with van der Waals surface area (Å²) in [7, 11) is 2.42. The summed E-state index contributed by atoms with van der Waals surface area (Å²) in [6.45, 7) is 3.66. The molecule has 0 aliphatic rings. The fourth-order valence-electron chi connectivity index (χ4n) is 2.49. The first-order chi connectivity index (χ1) is 12.8. The van der Waals surface area contributed by atoms with Crippen molar-refractivity contribution in [2.75, 3.05) is 20.0 Å². The number of carbonyl (C=O) groups excluding carboxylic acids is 3. The Morgan fingerprint density at radius 1 is 1.04 bits per heavy atom. The van der Waals surface area contributed by atoms with Crippen molar-refractivity contribution in [3.05, 3.63) is 50.9 Å². The minimum absolute atomic E-state index is 0.0156. The van der Waals surface area contributed by atoms with E-state index < -0.39 is 17.9 Å². The zero-order valence-corrected chi connectivity index (χ0v) is 16.4. The molecule has 2 aromatic rings. The number of nitrogens with two attached hydrogens (primary N) is 1. The summed E-state index contributed by atoms with van der Waals surface area (Å²) < 4.78 is 14.7. The average Bonchev–Trinajstić information content (AvgIpc) is 2.98. The lowest BCUT2D eigenvalue weighted by molar-refractivity contribution is -0.144. The average molecular weight is 391 g/mol. The number of thiophene rings is 1. The van der Waals surface area contributed by atoms with E-state index >= 15 is 0 Å². The molecule has 7 nitrogen and oxygen atoms in total. The number of methoxy groups -OCH3 is 2. The van der Waals surface area contributed by atoms with Crippen molar-refractivity contribution < 1.29 is 28.6 Å². The Balaban J connectivity index is 2.20. The lowest BCUT2D eigenvalue weighted by atomic mass is 10.0. The highest BCUT2D eigenvalue weighted by atomic mass is 32.1. The van der Waals surface area contributed by atoms with Gasteiger partial charge in [-0.3, -0.25) is 4.79 Å². The van der Waals surface area contributed by atoms with Crippen LogP contribution in [-0.2, 0) is 32.0 Å². The molecule has 1 aromatic carbocycles. The minimum atomic E-state index is -0.709. The molecule has 1 heterocycles. The number of carbonyl (C=O) groups is 3. The Morgan fingerprint density at radius 3 is 2.30 bits per heavy atom. The van der Waals surface area contributed by atoms with Crippen molar-refractivity contribution in [2.45, 2.75) is 26.9 Å². The van der Waals surface area contributed by atoms with Crippen molar-refractivity contribution in [3.63, 3.8) is 0 Å². The molecule has 0 saturated carbocycles. The Labute approximate surface area is 161 Å². The van der Waals surface area contributed by atoms with Gasteiger partial charge in [0.25, 0.3) is 0 Å². The number of esters is 3. The summed E-state index contributed by atoms with van der Waals surface area (Å²) >= 11 is 0.888. The van der Waals surface area contributed by atoms with Crippen LogP contribution in [0.15, 0.2) is 18.2 Å². The number of nitrogen functional groups attached to an aromatic ring is 1. The van der Waals surface area contributed by atoms with Crippen LogP contribution in [0, 0.1) is 13.8 Å². The van der Waals surface area contributed by atoms with E-state index in [1.807, 2.05) is 32.0 Å². The molecule has 144 valence electrons. The Morgan fingerprint density at radius 2 is 1.70 bits per heavy atom. The standard InChI is InChI=1S/C19H21NO6S/c1-10-5-6-12(7-11(10)2)8-14(21)26-9-13-15(18(22)24-3)17(20)27-16(13)19(23)25-4/h5-7H,8-9,20H2,1-4H3. The van der Waals surface area contributed by atoms with Crippen molar-refractivity contribution in [3.8, 4) is 0 Å². The molecule has 1 aromatic heterocycles. The lowest BCUT2D eigenvalue weighted by Gasteiger charge is -2.09. The summed E-state index contributed by atoms with van der Waals surface area (Å²) in [5.74, 6) is -1.86. The highest BCUT2D eigenvalue weighted by Crippen LogP contribution is 2.33. The monoisotopic (exact) mass is 391 g/mol. The quantitative estimate of drug-likeness (QED) is 0.596. The second-order valence-electron chi connectivity index (χ2n) is 5.89. The molecule has 8 heteroatoms. The van der Waals surface area contributed by atoms with Gasteiger partial charge in [-0.2, -0.15) is 0 Å². The van der Waals surface area contributed by atoms with Crippen molar-refractivity contribution in [1.82, 2.24) is 0 Å². The maximum atomic E-state index is 12.2. The predicted octanol–water partition coefficient (Wildman–Crippen LogP) is 2.81. The van der Waals surface area contributed by atoms with Gasteiger partial charge in [0.1, 0.15) is 22.0 Å². The molecule has 0 bridgehead atoms. The molecule has 27 heavy (non-hydrogen) atoms. The zero-order valence-electron chi connectivity index (χ0n) is 15.6. The number of hydrogen-bond acceptors (Lipinski definition) is 8. The van der Waals surface area contributed by atoms with Gasteiger partial charge in [-0.15, -0.1) is 11.3 Å². The molecular formula is C19H21NO6S. The molecule has 0 amide bonds. The van der Waals surface area contributed by atoms with Crippen LogP contribution >= 0.6 is 11.3 Å². The van der Waals surface area contributed by atoms with Crippen molar-refractivity contribution in [1.29, 1.82) is 0 Å². The first kappa shape index (κ1) is 20.4. The number of hydrogen-bond donors (Lipinski definition) is 1. The smallest absolute Gasteiger partial charge is 0.348 e. The predicted molar refractivity (Wildman–Crippen MR) is 101 cm³/mol. The summed E-state index contributed by atoms with van der Waals surface area (Å²) in [4.78, 5) is 36.3. The molecule has 2 N–H and O–H groups in total. The number of benzene rings is 1. The van der Waals surface area contributed by atoms with Crippen LogP contribution in [-0.4, -0.2) is 32.1 Å². The molecule has 0 saturated heterocycles. The maximum absolute atomic E-state index is 12.2. The second kappa shape index (κ2) is 8.68. The van der Waals surface area contributed by atoms with Gasteiger partial charge in [-0.25, -0.2) is 9.59 Å². The normalized spacial score (nSPS) is 10.4. The molecule has 0 fully saturated rings. The van der Waals surface area contributed by atoms with Crippen molar-refractivity contribution >= 4 is 34.2 Å². The fraction of sp³-hybridized carbons (Fsp3) is 0.316. The first-order valence-corrected chi connectivity index (χ1v) is 8.89. The molecular weight excluding hydrogens is 370 g/mol. The highest BCUT2D eigenvalue weighted by molar-refractivity contribution is 7.18. The molecule has 0 atom stereocenters. The van der Waals surface area contributed by atoms with E-state index in [0.29, 0.717) is 0 Å². The molecule has 0 spiro atoms. The number of rotatable bonds is 6. The van der Waals surface area contributed by atoms with Gasteiger partial charge in [0.05, 0.1) is 20.6 Å². The third-order valence-corrected chi connectivity index (χ3v) is 5.13. The van der Waals surface area contributed by atoms with Crippen LogP contribution in [0.2, 0.25) is 0 Å². The first-order valence-electron chi connectivity index (χ1n) is 8.08. The molecule has 0 unspecified atom stereocenters. The minimum Gasteiger partial charge on any atom is -0.465 e. The molecule has 0 aliphatic heterocycles. The van der Waals surface area contributed by atoms with Gasteiger partial charge in [0.2, 0.25) is 0 Å². The van der Waals surface area contributed by atoms with E-state index in [1.165, 1.54) is 14.2 Å². The zero-order chi connectivity index (χ0) is 20.1. The Kier molecular flexibility index (Phi) is 6.57. The summed E-state index contributed by atoms with van der Waals surface area (Å²) in [5, 5.41) is 0.0995. The number of anilines is 1. The third-order valence-electron chi connectivity index (χ3n) is 4.09. The van der Waals surface area contributed by atoms with Gasteiger partial charge in [0, 0.05) is 5.56 Å². The van der Waals surface area contributed by atoms with Crippen molar-refractivity contribution in [2.24, 2.45) is 0 Å². The second-order valence-corrected chi connectivity index (χ2v) is 6.94. The van der Waals surface area contributed by atoms with Gasteiger partial charge < -0.3 is 19.9 Å². The van der Waals surface area contributed by atoms with Crippen LogP contribution < -0.4 is 5.73 Å².